The van der Waals surface area contributed by atoms with E-state index >= 15 is 0 Å². The molecule has 0 spiro atoms. The highest BCUT2D eigenvalue weighted by atomic mass is 32.2. The summed E-state index contributed by atoms with van der Waals surface area (Å²) < 4.78 is 12.3. The van der Waals surface area contributed by atoms with Gasteiger partial charge >= 0.3 is 0 Å². The molecule has 24 heavy (non-hydrogen) atoms. The lowest BCUT2D eigenvalue weighted by molar-refractivity contribution is 0.682. The lowest BCUT2D eigenvalue weighted by Gasteiger charge is -2.15. The van der Waals surface area contributed by atoms with E-state index in [1.54, 1.807) is 0 Å². The summed E-state index contributed by atoms with van der Waals surface area (Å²) in [4.78, 5) is 2.90. The van der Waals surface area contributed by atoms with Crippen molar-refractivity contribution in [2.45, 2.75) is 11.8 Å². The SMILES string of the molecule is Cc1ccccc1-c1cc(N(C)CC[S@](=O)c2ccccc2)n[nH]1. The number of nitrogens with one attached hydrogen (secondary N) is 1. The molecule has 1 aromatic heterocycles. The summed E-state index contributed by atoms with van der Waals surface area (Å²) in [6.07, 6.45) is 0. The van der Waals surface area contributed by atoms with Crippen molar-refractivity contribution in [3.8, 4) is 11.3 Å². The number of hydrogen-bond acceptors (Lipinski definition) is 3. The summed E-state index contributed by atoms with van der Waals surface area (Å²) in [5.41, 5.74) is 3.36. The van der Waals surface area contributed by atoms with Crippen LogP contribution in [0.2, 0.25) is 0 Å². The summed E-state index contributed by atoms with van der Waals surface area (Å²) in [7, 11) is 0.982. The van der Waals surface area contributed by atoms with Gasteiger partial charge in [0.25, 0.3) is 0 Å². The van der Waals surface area contributed by atoms with Crippen molar-refractivity contribution in [2.75, 3.05) is 24.2 Å². The molecule has 0 amide bonds. The van der Waals surface area contributed by atoms with Gasteiger partial charge in [0, 0.05) is 35.9 Å². The van der Waals surface area contributed by atoms with Crippen molar-refractivity contribution >= 4 is 16.6 Å². The Morgan fingerprint density at radius 2 is 1.79 bits per heavy atom. The summed E-state index contributed by atoms with van der Waals surface area (Å²) in [6.45, 7) is 2.77. The van der Waals surface area contributed by atoms with E-state index in [-0.39, 0.29) is 0 Å². The van der Waals surface area contributed by atoms with Gasteiger partial charge in [0.1, 0.15) is 0 Å². The zero-order valence-corrected chi connectivity index (χ0v) is 14.7. The Kier molecular flexibility index (Phi) is 5.11. The molecule has 0 aliphatic carbocycles. The molecule has 3 rings (SSSR count). The first kappa shape index (κ1) is 16.5. The number of nitrogens with zero attached hydrogens (tertiary/aromatic N) is 2. The first-order valence-electron chi connectivity index (χ1n) is 7.91. The lowest BCUT2D eigenvalue weighted by atomic mass is 10.1. The average Bonchev–Trinajstić information content (AvgIpc) is 3.10. The van der Waals surface area contributed by atoms with Crippen LogP contribution in [0.5, 0.6) is 0 Å². The second-order valence-electron chi connectivity index (χ2n) is 5.74. The van der Waals surface area contributed by atoms with Gasteiger partial charge in [-0.25, -0.2) is 0 Å². The topological polar surface area (TPSA) is 49.0 Å². The molecule has 124 valence electrons. The number of rotatable bonds is 6. The number of aryl methyl sites for hydroxylation is 1. The maximum absolute atomic E-state index is 12.3. The normalized spacial score (nSPS) is 12.1. The van der Waals surface area contributed by atoms with E-state index in [1.807, 2.05) is 60.5 Å². The number of aromatic amines is 1. The molecule has 4 nitrogen and oxygen atoms in total. The number of H-pyrrole nitrogens is 1. The third-order valence-corrected chi connectivity index (χ3v) is 5.36. The first-order chi connectivity index (χ1) is 11.6. The van der Waals surface area contributed by atoms with Crippen molar-refractivity contribution in [1.29, 1.82) is 0 Å². The fraction of sp³-hybridized carbons (Fsp3) is 0.211. The van der Waals surface area contributed by atoms with Crippen LogP contribution in [0.3, 0.4) is 0 Å². The van der Waals surface area contributed by atoms with E-state index in [1.165, 1.54) is 5.56 Å². The van der Waals surface area contributed by atoms with E-state index in [4.69, 9.17) is 0 Å². The van der Waals surface area contributed by atoms with Crippen LogP contribution in [0, 0.1) is 6.92 Å². The Hall–Kier alpha value is -2.40. The zero-order valence-electron chi connectivity index (χ0n) is 13.9. The molecule has 0 aliphatic heterocycles. The van der Waals surface area contributed by atoms with Gasteiger partial charge in [-0.1, -0.05) is 42.5 Å². The van der Waals surface area contributed by atoms with E-state index in [0.29, 0.717) is 12.3 Å². The molecule has 0 saturated heterocycles. The van der Waals surface area contributed by atoms with Crippen molar-refractivity contribution in [2.24, 2.45) is 0 Å². The minimum atomic E-state index is -0.990. The Morgan fingerprint density at radius 3 is 2.54 bits per heavy atom. The second kappa shape index (κ2) is 7.45. The minimum absolute atomic E-state index is 0.576. The quantitative estimate of drug-likeness (QED) is 0.746. The Morgan fingerprint density at radius 1 is 1.08 bits per heavy atom. The van der Waals surface area contributed by atoms with Crippen molar-refractivity contribution in [3.63, 3.8) is 0 Å². The van der Waals surface area contributed by atoms with Gasteiger partial charge in [0.05, 0.1) is 16.5 Å². The molecular weight excluding hydrogens is 318 g/mol. The maximum atomic E-state index is 12.3. The monoisotopic (exact) mass is 339 g/mol. The van der Waals surface area contributed by atoms with Crippen LogP contribution in [-0.2, 0) is 10.8 Å². The van der Waals surface area contributed by atoms with Crippen molar-refractivity contribution in [1.82, 2.24) is 10.2 Å². The van der Waals surface area contributed by atoms with Gasteiger partial charge in [-0.2, -0.15) is 5.10 Å². The largest absolute Gasteiger partial charge is 0.357 e. The van der Waals surface area contributed by atoms with Crippen LogP contribution >= 0.6 is 0 Å². The van der Waals surface area contributed by atoms with Crippen LogP contribution in [0.25, 0.3) is 11.3 Å². The lowest BCUT2D eigenvalue weighted by Crippen LogP contribution is -2.23. The average molecular weight is 339 g/mol. The number of hydrogen-bond donors (Lipinski definition) is 1. The maximum Gasteiger partial charge on any atom is 0.150 e. The molecule has 0 radical (unpaired) electrons. The highest BCUT2D eigenvalue weighted by molar-refractivity contribution is 7.85. The van der Waals surface area contributed by atoms with Crippen LogP contribution in [0.1, 0.15) is 5.56 Å². The van der Waals surface area contributed by atoms with Crippen LogP contribution in [0.15, 0.2) is 65.6 Å². The smallest absolute Gasteiger partial charge is 0.150 e. The fourth-order valence-corrected chi connectivity index (χ4v) is 3.68. The highest BCUT2D eigenvalue weighted by Crippen LogP contribution is 2.24. The number of anilines is 1. The zero-order chi connectivity index (χ0) is 16.9. The van der Waals surface area contributed by atoms with E-state index in [2.05, 4.69) is 29.3 Å². The third-order valence-electron chi connectivity index (χ3n) is 4.01. The van der Waals surface area contributed by atoms with E-state index in [0.717, 1.165) is 22.0 Å². The molecule has 1 atom stereocenters. The molecule has 1 heterocycles. The highest BCUT2D eigenvalue weighted by Gasteiger charge is 2.11. The van der Waals surface area contributed by atoms with E-state index < -0.39 is 10.8 Å². The third kappa shape index (κ3) is 3.74. The summed E-state index contributed by atoms with van der Waals surface area (Å²) in [5.74, 6) is 1.44. The second-order valence-corrected chi connectivity index (χ2v) is 7.31. The minimum Gasteiger partial charge on any atom is -0.357 e. The van der Waals surface area contributed by atoms with Crippen LogP contribution < -0.4 is 4.90 Å². The van der Waals surface area contributed by atoms with Gasteiger partial charge in [-0.3, -0.25) is 9.31 Å². The van der Waals surface area contributed by atoms with Gasteiger partial charge in [-0.05, 0) is 24.6 Å². The standard InChI is InChI=1S/C19H21N3OS/c1-15-8-6-7-11-17(15)18-14-19(21-20-18)22(2)12-13-24(23)16-9-4-3-5-10-16/h3-11,14H,12-13H2,1-2H3,(H,20,21)/t24-/m0/s1. The van der Waals surface area contributed by atoms with Gasteiger partial charge in [0.2, 0.25) is 0 Å². The molecular formula is C19H21N3OS. The molecule has 0 unspecified atom stereocenters. The molecule has 0 fully saturated rings. The Balaban J connectivity index is 1.65. The molecule has 0 bridgehead atoms. The number of benzene rings is 2. The van der Waals surface area contributed by atoms with Gasteiger partial charge in [0.15, 0.2) is 5.82 Å². The summed E-state index contributed by atoms with van der Waals surface area (Å²) in [6, 6.07) is 19.8. The Bertz CT molecular complexity index is 829. The van der Waals surface area contributed by atoms with Crippen molar-refractivity contribution < 1.29 is 4.21 Å². The fourth-order valence-electron chi connectivity index (χ4n) is 2.54. The summed E-state index contributed by atoms with van der Waals surface area (Å²) >= 11 is 0. The predicted molar refractivity (Wildman–Crippen MR) is 99.7 cm³/mol. The molecule has 2 aromatic carbocycles. The Labute approximate surface area is 145 Å². The van der Waals surface area contributed by atoms with Crippen LogP contribution in [-0.4, -0.2) is 33.8 Å². The van der Waals surface area contributed by atoms with Gasteiger partial charge in [-0.15, -0.1) is 0 Å². The molecule has 3 aromatic rings. The molecule has 1 N–H and O–H groups in total. The predicted octanol–water partition coefficient (Wildman–Crippen LogP) is 3.63. The molecule has 0 saturated carbocycles. The molecule has 5 heteroatoms. The van der Waals surface area contributed by atoms with Gasteiger partial charge < -0.3 is 4.90 Å². The number of aromatic nitrogens is 2. The first-order valence-corrected chi connectivity index (χ1v) is 9.23. The van der Waals surface area contributed by atoms with Crippen LogP contribution in [0.4, 0.5) is 5.82 Å². The summed E-state index contributed by atoms with van der Waals surface area (Å²) in [5, 5.41) is 7.48. The molecule has 0 aliphatic rings. The van der Waals surface area contributed by atoms with Crippen molar-refractivity contribution in [3.05, 3.63) is 66.2 Å². The van der Waals surface area contributed by atoms with E-state index in [9.17, 15) is 4.21 Å².